The second kappa shape index (κ2) is 5.45. The largest absolute Gasteiger partial charge is 0.480 e. The van der Waals surface area contributed by atoms with Crippen molar-refractivity contribution < 1.29 is 23.1 Å². The maximum atomic E-state index is 12.0. The number of carboxylic acids is 1. The van der Waals surface area contributed by atoms with Gasteiger partial charge in [0, 0.05) is 5.56 Å². The molecule has 114 valence electrons. The van der Waals surface area contributed by atoms with Gasteiger partial charge in [-0.1, -0.05) is 0 Å². The first-order valence-corrected chi connectivity index (χ1v) is 7.89. The molecule has 0 spiro atoms. The molecule has 0 aromatic heterocycles. The summed E-state index contributed by atoms with van der Waals surface area (Å²) in [6, 6.07) is 5.31. The summed E-state index contributed by atoms with van der Waals surface area (Å²) in [5.41, 5.74) is -0.968. The molecule has 0 radical (unpaired) electrons. The molecule has 8 heteroatoms. The number of hydrogen-bond donors (Lipinski definition) is 3. The van der Waals surface area contributed by atoms with Gasteiger partial charge in [-0.25, -0.2) is 17.9 Å². The van der Waals surface area contributed by atoms with Gasteiger partial charge in [0.15, 0.2) is 0 Å². The zero-order chi connectivity index (χ0) is 15.7. The molecule has 2 rings (SSSR count). The zero-order valence-corrected chi connectivity index (χ0v) is 12.2. The van der Waals surface area contributed by atoms with Crippen LogP contribution in [-0.4, -0.2) is 38.0 Å². The fourth-order valence-electron chi connectivity index (χ4n) is 2.12. The Morgan fingerprint density at radius 1 is 1.19 bits per heavy atom. The first kappa shape index (κ1) is 15.5. The minimum Gasteiger partial charge on any atom is -0.480 e. The lowest BCUT2D eigenvalue weighted by atomic mass is 9.76. The van der Waals surface area contributed by atoms with E-state index in [0.717, 1.165) is 6.42 Å². The van der Waals surface area contributed by atoms with Crippen LogP contribution in [0, 0.1) is 0 Å². The van der Waals surface area contributed by atoms with E-state index in [1.165, 1.54) is 31.3 Å². The van der Waals surface area contributed by atoms with Crippen molar-refractivity contribution in [1.82, 2.24) is 10.0 Å². The summed E-state index contributed by atoms with van der Waals surface area (Å²) in [6.07, 6.45) is 1.56. The van der Waals surface area contributed by atoms with E-state index in [2.05, 4.69) is 10.0 Å². The third kappa shape index (κ3) is 2.91. The van der Waals surface area contributed by atoms with Gasteiger partial charge in [0.05, 0.1) is 4.90 Å². The molecule has 0 aliphatic heterocycles. The molecule has 21 heavy (non-hydrogen) atoms. The molecule has 7 nitrogen and oxygen atoms in total. The van der Waals surface area contributed by atoms with E-state index in [-0.39, 0.29) is 10.5 Å². The molecular weight excluding hydrogens is 296 g/mol. The first-order chi connectivity index (χ1) is 9.81. The molecule has 0 heterocycles. The van der Waals surface area contributed by atoms with Gasteiger partial charge in [-0.05, 0) is 50.6 Å². The summed E-state index contributed by atoms with van der Waals surface area (Å²) in [4.78, 5) is 23.3. The van der Waals surface area contributed by atoms with Crippen LogP contribution in [0.4, 0.5) is 0 Å². The maximum absolute atomic E-state index is 12.0. The Kier molecular flexibility index (Phi) is 4.02. The van der Waals surface area contributed by atoms with Crippen molar-refractivity contribution in [3.8, 4) is 0 Å². The van der Waals surface area contributed by atoms with Crippen LogP contribution in [0.3, 0.4) is 0 Å². The van der Waals surface area contributed by atoms with Gasteiger partial charge in [-0.2, -0.15) is 0 Å². The Hall–Kier alpha value is -1.93. The maximum Gasteiger partial charge on any atom is 0.329 e. The fourth-order valence-corrected chi connectivity index (χ4v) is 2.85. The quantitative estimate of drug-likeness (QED) is 0.725. The second-order valence-electron chi connectivity index (χ2n) is 4.93. The number of sulfonamides is 1. The molecule has 1 amide bonds. The molecular formula is C13H16N2O5S. The molecule has 0 atom stereocenters. The minimum absolute atomic E-state index is 0.0399. The van der Waals surface area contributed by atoms with Crippen LogP contribution in [0.25, 0.3) is 0 Å². The number of benzene rings is 1. The molecule has 1 aliphatic carbocycles. The third-order valence-electron chi connectivity index (χ3n) is 3.66. The number of nitrogens with one attached hydrogen (secondary N) is 2. The molecule has 1 fully saturated rings. The van der Waals surface area contributed by atoms with Crippen LogP contribution in [0.2, 0.25) is 0 Å². The lowest BCUT2D eigenvalue weighted by molar-refractivity contribution is -0.148. The van der Waals surface area contributed by atoms with E-state index in [9.17, 15) is 18.0 Å². The number of aliphatic carboxylic acids is 1. The Morgan fingerprint density at radius 2 is 1.76 bits per heavy atom. The van der Waals surface area contributed by atoms with Crippen LogP contribution in [0.15, 0.2) is 29.2 Å². The minimum atomic E-state index is -3.56. The highest BCUT2D eigenvalue weighted by molar-refractivity contribution is 7.89. The molecule has 0 saturated heterocycles. The fraction of sp³-hybridized carbons (Fsp3) is 0.385. The van der Waals surface area contributed by atoms with E-state index < -0.39 is 27.4 Å². The first-order valence-electron chi connectivity index (χ1n) is 6.40. The van der Waals surface area contributed by atoms with Crippen LogP contribution < -0.4 is 10.0 Å². The van der Waals surface area contributed by atoms with E-state index in [1.807, 2.05) is 0 Å². The molecule has 0 bridgehead atoms. The van der Waals surface area contributed by atoms with Gasteiger partial charge < -0.3 is 10.4 Å². The predicted octanol–water partition coefficient (Wildman–Crippen LogP) is 0.332. The number of carbonyl (C=O) groups is 2. The van der Waals surface area contributed by atoms with Crippen LogP contribution in [0.5, 0.6) is 0 Å². The number of rotatable bonds is 5. The summed E-state index contributed by atoms with van der Waals surface area (Å²) >= 11 is 0. The predicted molar refractivity (Wildman–Crippen MR) is 74.4 cm³/mol. The van der Waals surface area contributed by atoms with Crippen molar-refractivity contribution in [1.29, 1.82) is 0 Å². The highest BCUT2D eigenvalue weighted by Gasteiger charge is 2.45. The lowest BCUT2D eigenvalue weighted by Gasteiger charge is -2.38. The van der Waals surface area contributed by atoms with E-state index in [1.54, 1.807) is 0 Å². The highest BCUT2D eigenvalue weighted by atomic mass is 32.2. The Labute approximate surface area is 122 Å². The summed E-state index contributed by atoms with van der Waals surface area (Å²) in [5, 5.41) is 11.7. The topological polar surface area (TPSA) is 113 Å². The van der Waals surface area contributed by atoms with Crippen molar-refractivity contribution in [2.24, 2.45) is 0 Å². The van der Waals surface area contributed by atoms with Gasteiger partial charge in [0.25, 0.3) is 5.91 Å². The summed E-state index contributed by atoms with van der Waals surface area (Å²) in [6.45, 7) is 0. The van der Waals surface area contributed by atoms with Gasteiger partial charge in [0.1, 0.15) is 5.54 Å². The number of carbonyl (C=O) groups excluding carboxylic acids is 1. The van der Waals surface area contributed by atoms with Crippen molar-refractivity contribution in [3.05, 3.63) is 29.8 Å². The average molecular weight is 312 g/mol. The monoisotopic (exact) mass is 312 g/mol. The molecule has 0 unspecified atom stereocenters. The summed E-state index contributed by atoms with van der Waals surface area (Å²) < 4.78 is 25.3. The van der Waals surface area contributed by atoms with Gasteiger partial charge >= 0.3 is 5.97 Å². The number of carboxylic acid groups (broad SMARTS) is 1. The van der Waals surface area contributed by atoms with E-state index >= 15 is 0 Å². The smallest absolute Gasteiger partial charge is 0.329 e. The van der Waals surface area contributed by atoms with Gasteiger partial charge in [0.2, 0.25) is 10.0 Å². The molecule has 3 N–H and O–H groups in total. The molecule has 1 aromatic carbocycles. The molecule has 1 saturated carbocycles. The zero-order valence-electron chi connectivity index (χ0n) is 11.4. The number of hydrogen-bond acceptors (Lipinski definition) is 4. The van der Waals surface area contributed by atoms with Crippen LogP contribution in [0.1, 0.15) is 29.6 Å². The number of amides is 1. The highest BCUT2D eigenvalue weighted by Crippen LogP contribution is 2.32. The van der Waals surface area contributed by atoms with Crippen LogP contribution >= 0.6 is 0 Å². The van der Waals surface area contributed by atoms with Crippen molar-refractivity contribution in [3.63, 3.8) is 0 Å². The van der Waals surface area contributed by atoms with Crippen molar-refractivity contribution in [2.75, 3.05) is 7.05 Å². The molecule has 1 aliphatic rings. The van der Waals surface area contributed by atoms with E-state index in [0.29, 0.717) is 12.8 Å². The average Bonchev–Trinajstić information content (AvgIpc) is 2.42. The van der Waals surface area contributed by atoms with Crippen molar-refractivity contribution >= 4 is 21.9 Å². The van der Waals surface area contributed by atoms with Crippen LogP contribution in [-0.2, 0) is 14.8 Å². The van der Waals surface area contributed by atoms with Gasteiger partial charge in [-0.15, -0.1) is 0 Å². The normalized spacial score (nSPS) is 16.8. The van der Waals surface area contributed by atoms with Crippen molar-refractivity contribution in [2.45, 2.75) is 29.7 Å². The summed E-state index contributed by atoms with van der Waals surface area (Å²) in [7, 11) is -2.26. The lowest BCUT2D eigenvalue weighted by Crippen LogP contribution is -2.59. The standard InChI is InChI=1S/C13H16N2O5S/c1-14-21(19,20)10-5-3-9(4-6-10)11(16)15-13(12(17)18)7-2-8-13/h3-6,14H,2,7-8H2,1H3,(H,15,16)(H,17,18). The SMILES string of the molecule is CNS(=O)(=O)c1ccc(C(=O)NC2(C(=O)O)CCC2)cc1. The Balaban J connectivity index is 2.16. The third-order valence-corrected chi connectivity index (χ3v) is 5.10. The summed E-state index contributed by atoms with van der Waals surface area (Å²) in [5.74, 6) is -1.57. The van der Waals surface area contributed by atoms with Gasteiger partial charge in [-0.3, -0.25) is 4.79 Å². The second-order valence-corrected chi connectivity index (χ2v) is 6.81. The van der Waals surface area contributed by atoms with E-state index in [4.69, 9.17) is 5.11 Å². The Morgan fingerprint density at radius 3 is 2.14 bits per heavy atom. The molecule has 1 aromatic rings. The Bertz CT molecular complexity index is 662.